The van der Waals surface area contributed by atoms with Gasteiger partial charge < -0.3 is 4.42 Å². The minimum absolute atomic E-state index is 0.220. The number of nitrogens with zero attached hydrogens (tertiary/aromatic N) is 2. The Hall–Kier alpha value is -3.67. The van der Waals surface area contributed by atoms with Gasteiger partial charge in [0.25, 0.3) is 11.8 Å². The van der Waals surface area contributed by atoms with Crippen molar-refractivity contribution in [3.05, 3.63) is 88.5 Å². The molecule has 0 aliphatic carbocycles. The minimum Gasteiger partial charge on any atom is -0.457 e. The average Bonchev–Trinajstić information content (AvgIpc) is 3.34. The quantitative estimate of drug-likeness (QED) is 0.488. The number of carbonyl (C=O) groups excluding carboxylic acids is 2. The van der Waals surface area contributed by atoms with Crippen LogP contribution < -0.4 is 5.43 Å². The standard InChI is InChI=1S/C22H13N3O3S2/c23-13-15-8-4-5-9-17(15)18-11-10-16(28-18)12-19-21(27)25(22(29)30-19)24-20(26)14-6-2-1-3-7-14/h1-12H,(H,24,26)/b19-12+. The second-order valence-electron chi connectivity index (χ2n) is 6.18. The lowest BCUT2D eigenvalue weighted by molar-refractivity contribution is -0.123. The van der Waals surface area contributed by atoms with Gasteiger partial charge in [0, 0.05) is 17.2 Å². The molecular formula is C22H13N3O3S2. The van der Waals surface area contributed by atoms with Crippen molar-refractivity contribution in [2.75, 3.05) is 0 Å². The van der Waals surface area contributed by atoms with E-state index >= 15 is 0 Å². The smallest absolute Gasteiger partial charge is 0.285 e. The zero-order chi connectivity index (χ0) is 21.1. The lowest BCUT2D eigenvalue weighted by Crippen LogP contribution is -2.44. The van der Waals surface area contributed by atoms with E-state index in [-0.39, 0.29) is 4.32 Å². The Morgan fingerprint density at radius 2 is 1.83 bits per heavy atom. The Morgan fingerprint density at radius 3 is 2.60 bits per heavy atom. The Morgan fingerprint density at radius 1 is 1.10 bits per heavy atom. The second kappa shape index (κ2) is 8.37. The van der Waals surface area contributed by atoms with Crippen molar-refractivity contribution in [1.82, 2.24) is 10.4 Å². The molecule has 1 aliphatic rings. The summed E-state index contributed by atoms with van der Waals surface area (Å²) in [5.74, 6) is 0.0880. The van der Waals surface area contributed by atoms with E-state index in [1.165, 1.54) is 0 Å². The van der Waals surface area contributed by atoms with Crippen molar-refractivity contribution >= 4 is 46.2 Å². The number of nitrogens with one attached hydrogen (secondary N) is 1. The van der Waals surface area contributed by atoms with Crippen LogP contribution in [0, 0.1) is 11.3 Å². The van der Waals surface area contributed by atoms with E-state index in [0.29, 0.717) is 33.1 Å². The summed E-state index contributed by atoms with van der Waals surface area (Å²) >= 11 is 6.31. The van der Waals surface area contributed by atoms with Crippen molar-refractivity contribution in [3.63, 3.8) is 0 Å². The summed E-state index contributed by atoms with van der Waals surface area (Å²) in [5.41, 5.74) is 4.11. The van der Waals surface area contributed by atoms with E-state index in [2.05, 4.69) is 11.5 Å². The number of rotatable bonds is 4. The molecule has 1 aromatic heterocycles. The van der Waals surface area contributed by atoms with E-state index in [4.69, 9.17) is 16.6 Å². The Balaban J connectivity index is 1.54. The highest BCUT2D eigenvalue weighted by molar-refractivity contribution is 8.26. The fourth-order valence-corrected chi connectivity index (χ4v) is 3.98. The maximum absolute atomic E-state index is 12.7. The maximum Gasteiger partial charge on any atom is 0.285 e. The molecule has 2 amide bonds. The van der Waals surface area contributed by atoms with Gasteiger partial charge in [0.2, 0.25) is 0 Å². The van der Waals surface area contributed by atoms with E-state index in [1.54, 1.807) is 66.7 Å². The first-order chi connectivity index (χ1) is 14.6. The van der Waals surface area contributed by atoms with Crippen LogP contribution in [-0.4, -0.2) is 21.1 Å². The molecule has 1 N–H and O–H groups in total. The van der Waals surface area contributed by atoms with Crippen molar-refractivity contribution < 1.29 is 14.0 Å². The summed E-state index contributed by atoms with van der Waals surface area (Å²) in [6, 6.07) is 21.2. The molecule has 0 radical (unpaired) electrons. The summed E-state index contributed by atoms with van der Waals surface area (Å²) in [6.07, 6.45) is 1.56. The molecule has 0 spiro atoms. The Kier molecular flexibility index (Phi) is 5.48. The molecule has 0 unspecified atom stereocenters. The lowest BCUT2D eigenvalue weighted by atomic mass is 10.1. The fourth-order valence-electron chi connectivity index (χ4n) is 2.82. The molecule has 2 heterocycles. The van der Waals surface area contributed by atoms with Crippen molar-refractivity contribution in [2.45, 2.75) is 0 Å². The number of hydrogen-bond donors (Lipinski definition) is 1. The SMILES string of the molecule is N#Cc1ccccc1-c1ccc(/C=C2/SC(=S)N(NC(=O)c3ccccc3)C2=O)o1. The van der Waals surface area contributed by atoms with Crippen molar-refractivity contribution in [3.8, 4) is 17.4 Å². The van der Waals surface area contributed by atoms with Gasteiger partial charge in [-0.25, -0.2) is 0 Å². The number of benzene rings is 2. The maximum atomic E-state index is 12.7. The monoisotopic (exact) mass is 431 g/mol. The van der Waals surface area contributed by atoms with Crippen LogP contribution in [0.5, 0.6) is 0 Å². The first-order valence-corrected chi connectivity index (χ1v) is 10.0. The number of hydrogen-bond acceptors (Lipinski definition) is 6. The molecule has 0 atom stereocenters. The van der Waals surface area contributed by atoms with Gasteiger partial charge in [-0.15, -0.1) is 0 Å². The average molecular weight is 431 g/mol. The van der Waals surface area contributed by atoms with E-state index in [0.717, 1.165) is 16.8 Å². The molecule has 146 valence electrons. The molecule has 3 aromatic rings. The summed E-state index contributed by atoms with van der Waals surface area (Å²) in [5, 5.41) is 10.3. The second-order valence-corrected chi connectivity index (χ2v) is 7.86. The third-order valence-corrected chi connectivity index (χ3v) is 5.56. The number of thioether (sulfide) groups is 1. The van der Waals surface area contributed by atoms with Crippen LogP contribution in [0.15, 0.2) is 76.1 Å². The summed E-state index contributed by atoms with van der Waals surface area (Å²) in [7, 11) is 0. The molecule has 2 aromatic carbocycles. The first-order valence-electron chi connectivity index (χ1n) is 8.80. The number of hydrazine groups is 1. The number of furan rings is 1. The first kappa shape index (κ1) is 19.6. The summed E-state index contributed by atoms with van der Waals surface area (Å²) < 4.78 is 6.02. The van der Waals surface area contributed by atoms with Gasteiger partial charge in [0.15, 0.2) is 4.32 Å². The Labute approximate surface area is 181 Å². The van der Waals surface area contributed by atoms with Gasteiger partial charge in [-0.2, -0.15) is 10.3 Å². The van der Waals surface area contributed by atoms with Crippen molar-refractivity contribution in [2.24, 2.45) is 0 Å². The van der Waals surface area contributed by atoms with Gasteiger partial charge in [-0.05, 0) is 48.6 Å². The number of thiocarbonyl (C=S) groups is 1. The van der Waals surface area contributed by atoms with Crippen molar-refractivity contribution in [1.29, 1.82) is 5.26 Å². The van der Waals surface area contributed by atoms with Gasteiger partial charge in [0.1, 0.15) is 11.5 Å². The number of nitriles is 1. The van der Waals surface area contributed by atoms with Gasteiger partial charge in [-0.1, -0.05) is 42.1 Å². The zero-order valence-electron chi connectivity index (χ0n) is 15.4. The molecule has 0 saturated carbocycles. The van der Waals surface area contributed by atoms with E-state index in [9.17, 15) is 14.9 Å². The van der Waals surface area contributed by atoms with Gasteiger partial charge >= 0.3 is 0 Å². The van der Waals surface area contributed by atoms with E-state index in [1.807, 2.05) is 6.07 Å². The predicted molar refractivity (Wildman–Crippen MR) is 118 cm³/mol. The highest BCUT2D eigenvalue weighted by atomic mass is 32.2. The molecule has 1 aliphatic heterocycles. The lowest BCUT2D eigenvalue weighted by Gasteiger charge is -2.15. The van der Waals surface area contributed by atoms with Crippen LogP contribution in [-0.2, 0) is 4.79 Å². The van der Waals surface area contributed by atoms with Gasteiger partial charge in [0.05, 0.1) is 16.5 Å². The topological polar surface area (TPSA) is 86.3 Å². The summed E-state index contributed by atoms with van der Waals surface area (Å²) in [4.78, 5) is 25.4. The largest absolute Gasteiger partial charge is 0.457 e. The predicted octanol–water partition coefficient (Wildman–Crippen LogP) is 4.36. The molecule has 6 nitrogen and oxygen atoms in total. The molecule has 0 bridgehead atoms. The van der Waals surface area contributed by atoms with Crippen LogP contribution >= 0.6 is 24.0 Å². The number of amides is 2. The molecular weight excluding hydrogens is 418 g/mol. The zero-order valence-corrected chi connectivity index (χ0v) is 17.0. The molecule has 4 rings (SSSR count). The van der Waals surface area contributed by atoms with Crippen LogP contribution in [0.1, 0.15) is 21.7 Å². The summed E-state index contributed by atoms with van der Waals surface area (Å²) in [6.45, 7) is 0. The van der Waals surface area contributed by atoms with E-state index < -0.39 is 11.8 Å². The third kappa shape index (κ3) is 3.89. The highest BCUT2D eigenvalue weighted by Gasteiger charge is 2.34. The van der Waals surface area contributed by atoms with Crippen LogP contribution in [0.25, 0.3) is 17.4 Å². The minimum atomic E-state index is -0.440. The Bertz CT molecular complexity index is 1230. The molecule has 1 saturated heterocycles. The van der Waals surface area contributed by atoms with Crippen LogP contribution in [0.2, 0.25) is 0 Å². The van der Waals surface area contributed by atoms with Crippen LogP contribution in [0.4, 0.5) is 0 Å². The van der Waals surface area contributed by atoms with Gasteiger partial charge in [-0.3, -0.25) is 15.0 Å². The molecule has 30 heavy (non-hydrogen) atoms. The third-order valence-electron chi connectivity index (χ3n) is 4.26. The highest BCUT2D eigenvalue weighted by Crippen LogP contribution is 2.33. The molecule has 8 heteroatoms. The normalized spacial score (nSPS) is 14.8. The molecule has 1 fully saturated rings. The fraction of sp³-hybridized carbons (Fsp3) is 0. The number of carbonyl (C=O) groups is 2. The van der Waals surface area contributed by atoms with Crippen LogP contribution in [0.3, 0.4) is 0 Å².